The smallest absolute Gasteiger partial charge is 0.274 e. The lowest BCUT2D eigenvalue weighted by atomic mass is 10.2. The van der Waals surface area contributed by atoms with Gasteiger partial charge in [-0.1, -0.05) is 24.3 Å². The third-order valence-electron chi connectivity index (χ3n) is 3.09. The van der Waals surface area contributed by atoms with E-state index in [9.17, 15) is 4.79 Å². The molecule has 0 aliphatic heterocycles. The number of amides is 1. The highest BCUT2D eigenvalue weighted by Crippen LogP contribution is 2.33. The lowest BCUT2D eigenvalue weighted by Crippen LogP contribution is -2.18. The van der Waals surface area contributed by atoms with Crippen LogP contribution in [0.5, 0.6) is 11.5 Å². The molecule has 0 spiro atoms. The summed E-state index contributed by atoms with van der Waals surface area (Å²) in [5, 5.41) is 4.07. The van der Waals surface area contributed by atoms with Crippen LogP contribution in [0.4, 0.5) is 0 Å². The van der Waals surface area contributed by atoms with Crippen LogP contribution in [-0.4, -0.2) is 30.3 Å². The van der Waals surface area contributed by atoms with Gasteiger partial charge in [-0.15, -0.1) is 0 Å². The van der Waals surface area contributed by atoms with Gasteiger partial charge in [0.1, 0.15) is 11.8 Å². The molecular weight excluding hydrogens is 422 g/mol. The first-order valence-corrected chi connectivity index (χ1v) is 8.87. The molecule has 1 N–H and O–H groups in total. The van der Waals surface area contributed by atoms with E-state index in [0.717, 1.165) is 4.47 Å². The predicted octanol–water partition coefficient (Wildman–Crippen LogP) is 4.22. The van der Waals surface area contributed by atoms with Gasteiger partial charge >= 0.3 is 0 Å². The number of aromatic nitrogens is 1. The van der Waals surface area contributed by atoms with Gasteiger partial charge in [0.2, 0.25) is 0 Å². The minimum Gasteiger partial charge on any atom is -0.490 e. The molecule has 2 rings (SSSR count). The second-order valence-corrected chi connectivity index (χ2v) is 6.11. The van der Waals surface area contributed by atoms with Crippen LogP contribution >= 0.6 is 27.5 Å². The summed E-state index contributed by atoms with van der Waals surface area (Å²) in [6.45, 7) is 6.35. The number of benzene rings is 1. The second kappa shape index (κ2) is 9.94. The fourth-order valence-corrected chi connectivity index (χ4v) is 2.59. The highest BCUT2D eigenvalue weighted by atomic mass is 79.9. The van der Waals surface area contributed by atoms with Crippen molar-refractivity contribution < 1.29 is 14.3 Å². The van der Waals surface area contributed by atoms with Crippen molar-refractivity contribution in [2.24, 2.45) is 5.10 Å². The lowest BCUT2D eigenvalue weighted by Gasteiger charge is -2.12. The Kier molecular flexibility index (Phi) is 7.62. The van der Waals surface area contributed by atoms with E-state index in [0.29, 0.717) is 30.3 Å². The number of carbonyl (C=O) groups is 1. The van der Waals surface area contributed by atoms with Crippen molar-refractivity contribution in [2.45, 2.75) is 6.92 Å². The summed E-state index contributed by atoms with van der Waals surface area (Å²) >= 11 is 9.34. The van der Waals surface area contributed by atoms with Crippen molar-refractivity contribution in [2.75, 3.05) is 13.2 Å². The van der Waals surface area contributed by atoms with Crippen molar-refractivity contribution in [3.05, 3.63) is 63.9 Å². The molecule has 1 amide bonds. The molecule has 1 aromatic heterocycles. The molecule has 1 aromatic carbocycles. The van der Waals surface area contributed by atoms with Crippen molar-refractivity contribution in [3.8, 4) is 11.5 Å². The van der Waals surface area contributed by atoms with Crippen LogP contribution in [0.15, 0.2) is 52.7 Å². The van der Waals surface area contributed by atoms with Crippen LogP contribution in [0.2, 0.25) is 5.15 Å². The summed E-state index contributed by atoms with van der Waals surface area (Å²) in [4.78, 5) is 15.9. The van der Waals surface area contributed by atoms with Gasteiger partial charge in [0.05, 0.1) is 18.4 Å². The standard InChI is InChI=1S/C18H17BrClN3O3/c1-3-8-26-16-10-14(19)12(9-15(16)25-4-2)11-22-23-18(24)13-6-5-7-21-17(13)20/h3,5-7,9-11H,1,4,8H2,2H3,(H,23,24). The van der Waals surface area contributed by atoms with Crippen LogP contribution in [0.3, 0.4) is 0 Å². The minimum atomic E-state index is -0.452. The first-order chi connectivity index (χ1) is 12.6. The number of rotatable bonds is 8. The van der Waals surface area contributed by atoms with Crippen molar-refractivity contribution in [1.29, 1.82) is 0 Å². The molecular formula is C18H17BrClN3O3. The van der Waals surface area contributed by atoms with E-state index in [1.807, 2.05) is 6.92 Å². The predicted molar refractivity (Wildman–Crippen MR) is 105 cm³/mol. The Hall–Kier alpha value is -2.38. The van der Waals surface area contributed by atoms with E-state index >= 15 is 0 Å². The number of hydrogen-bond donors (Lipinski definition) is 1. The Labute approximate surface area is 165 Å². The van der Waals surface area contributed by atoms with Gasteiger partial charge in [0, 0.05) is 16.2 Å². The van der Waals surface area contributed by atoms with Gasteiger partial charge < -0.3 is 9.47 Å². The van der Waals surface area contributed by atoms with Gasteiger partial charge in [0.25, 0.3) is 5.91 Å². The molecule has 0 unspecified atom stereocenters. The maximum absolute atomic E-state index is 12.1. The zero-order chi connectivity index (χ0) is 18.9. The first kappa shape index (κ1) is 19.9. The monoisotopic (exact) mass is 437 g/mol. The molecule has 0 aliphatic rings. The number of hydrogen-bond acceptors (Lipinski definition) is 5. The molecule has 136 valence electrons. The van der Waals surface area contributed by atoms with Gasteiger partial charge in [0.15, 0.2) is 11.5 Å². The number of ether oxygens (including phenoxy) is 2. The molecule has 2 aromatic rings. The van der Waals surface area contributed by atoms with E-state index in [4.69, 9.17) is 21.1 Å². The molecule has 0 saturated heterocycles. The molecule has 0 atom stereocenters. The molecule has 6 nitrogen and oxygen atoms in total. The molecule has 1 heterocycles. The zero-order valence-electron chi connectivity index (χ0n) is 14.0. The maximum Gasteiger partial charge on any atom is 0.274 e. The Bertz CT molecular complexity index is 827. The van der Waals surface area contributed by atoms with Crippen LogP contribution in [0.25, 0.3) is 0 Å². The molecule has 0 radical (unpaired) electrons. The number of nitrogens with one attached hydrogen (secondary N) is 1. The molecule has 8 heteroatoms. The molecule has 0 aliphatic carbocycles. The number of carbonyl (C=O) groups excluding carboxylic acids is 1. The Morgan fingerprint density at radius 3 is 2.88 bits per heavy atom. The largest absolute Gasteiger partial charge is 0.490 e. The summed E-state index contributed by atoms with van der Waals surface area (Å²) in [7, 11) is 0. The topological polar surface area (TPSA) is 72.8 Å². The van der Waals surface area contributed by atoms with Crippen molar-refractivity contribution in [1.82, 2.24) is 10.4 Å². The number of nitrogens with zero attached hydrogens (tertiary/aromatic N) is 2. The number of pyridine rings is 1. The minimum absolute atomic E-state index is 0.115. The first-order valence-electron chi connectivity index (χ1n) is 7.70. The zero-order valence-corrected chi connectivity index (χ0v) is 16.4. The fourth-order valence-electron chi connectivity index (χ4n) is 1.96. The van der Waals surface area contributed by atoms with Crippen molar-refractivity contribution >= 4 is 39.7 Å². The average molecular weight is 439 g/mol. The van der Waals surface area contributed by atoms with Crippen LogP contribution in [0, 0.1) is 0 Å². The SMILES string of the molecule is C=CCOc1cc(Br)c(C=NNC(=O)c2cccnc2Cl)cc1OCC. The van der Waals surface area contributed by atoms with E-state index in [2.05, 4.69) is 38.0 Å². The highest BCUT2D eigenvalue weighted by Gasteiger charge is 2.11. The summed E-state index contributed by atoms with van der Waals surface area (Å²) in [6, 6.07) is 6.72. The highest BCUT2D eigenvalue weighted by molar-refractivity contribution is 9.10. The van der Waals surface area contributed by atoms with Gasteiger partial charge in [-0.3, -0.25) is 4.79 Å². The van der Waals surface area contributed by atoms with E-state index in [1.165, 1.54) is 12.4 Å². The fraction of sp³-hybridized carbons (Fsp3) is 0.167. The summed E-state index contributed by atoms with van der Waals surface area (Å²) in [5.41, 5.74) is 3.37. The quantitative estimate of drug-likeness (QED) is 0.290. The number of hydrazone groups is 1. The summed E-state index contributed by atoms with van der Waals surface area (Å²) < 4.78 is 11.9. The van der Waals surface area contributed by atoms with E-state index < -0.39 is 5.91 Å². The molecule has 26 heavy (non-hydrogen) atoms. The van der Waals surface area contributed by atoms with Crippen LogP contribution in [-0.2, 0) is 0 Å². The average Bonchev–Trinajstić information content (AvgIpc) is 2.63. The van der Waals surface area contributed by atoms with Gasteiger partial charge in [-0.2, -0.15) is 5.10 Å². The van der Waals surface area contributed by atoms with Crippen LogP contribution < -0.4 is 14.9 Å². The van der Waals surface area contributed by atoms with E-state index in [1.54, 1.807) is 30.3 Å². The lowest BCUT2D eigenvalue weighted by molar-refractivity contribution is 0.0955. The third-order valence-corrected chi connectivity index (χ3v) is 4.08. The van der Waals surface area contributed by atoms with Crippen LogP contribution in [0.1, 0.15) is 22.8 Å². The van der Waals surface area contributed by atoms with Crippen molar-refractivity contribution in [3.63, 3.8) is 0 Å². The summed E-state index contributed by atoms with van der Waals surface area (Å²) in [5.74, 6) is 0.703. The number of halogens is 2. The maximum atomic E-state index is 12.1. The normalized spacial score (nSPS) is 10.6. The second-order valence-electron chi connectivity index (χ2n) is 4.89. The Balaban J connectivity index is 2.16. The molecule has 0 fully saturated rings. The van der Waals surface area contributed by atoms with Gasteiger partial charge in [-0.25, -0.2) is 10.4 Å². The van der Waals surface area contributed by atoms with Gasteiger partial charge in [-0.05, 0) is 47.1 Å². The molecule has 0 bridgehead atoms. The third kappa shape index (κ3) is 5.31. The Morgan fingerprint density at radius 1 is 1.42 bits per heavy atom. The summed E-state index contributed by atoms with van der Waals surface area (Å²) in [6.07, 6.45) is 4.65. The van der Waals surface area contributed by atoms with E-state index in [-0.39, 0.29) is 10.7 Å². The Morgan fingerprint density at radius 2 is 2.19 bits per heavy atom. The molecule has 0 saturated carbocycles.